The molecule has 0 bridgehead atoms. The molecule has 1 amide bonds. The van der Waals surface area contributed by atoms with E-state index >= 15 is 0 Å². The average molecular weight is 442 g/mol. The summed E-state index contributed by atoms with van der Waals surface area (Å²) in [5, 5.41) is 8.85. The summed E-state index contributed by atoms with van der Waals surface area (Å²) in [6, 6.07) is 13.5. The quantitative estimate of drug-likeness (QED) is 0.283. The third kappa shape index (κ3) is 5.33. The highest BCUT2D eigenvalue weighted by molar-refractivity contribution is 6.00. The highest BCUT2D eigenvalue weighted by Gasteiger charge is 2.49. The van der Waals surface area contributed by atoms with Gasteiger partial charge in [0, 0.05) is 37.1 Å². The number of benzene rings is 2. The minimum Gasteiger partial charge on any atom is -0.494 e. The minimum absolute atomic E-state index is 0.0726. The van der Waals surface area contributed by atoms with Crippen LogP contribution in [0, 0.1) is 5.82 Å². The van der Waals surface area contributed by atoms with Gasteiger partial charge in [-0.2, -0.15) is 0 Å². The molecule has 1 aliphatic heterocycles. The Kier molecular flexibility index (Phi) is 7.97. The second-order valence-electron chi connectivity index (χ2n) is 7.44. The van der Waals surface area contributed by atoms with Crippen LogP contribution in [0.4, 0.5) is 4.39 Å². The van der Waals surface area contributed by atoms with Crippen molar-refractivity contribution in [3.63, 3.8) is 0 Å². The molecule has 0 saturated heterocycles. The van der Waals surface area contributed by atoms with Crippen LogP contribution in [-0.4, -0.2) is 41.8 Å². The van der Waals surface area contributed by atoms with E-state index in [1.54, 1.807) is 55.5 Å². The standard InChI is InChI=1S/C24H28FN3O4/c1-3-13-24(23(30)28-26-16-19-7-4-5-8-21(19)25)17(2)32-22(27-24)18-9-11-20(12-10-18)31-15-6-14-29/h3-5,7-12,17,26,29H,1,6,13-16H2,2H3,(H,28,30)/t17-,24-/m0/s1. The first-order valence-corrected chi connectivity index (χ1v) is 10.5. The zero-order valence-corrected chi connectivity index (χ0v) is 18.0. The second kappa shape index (κ2) is 10.9. The van der Waals surface area contributed by atoms with Crippen molar-refractivity contribution in [1.82, 2.24) is 10.9 Å². The molecule has 2 aromatic carbocycles. The Morgan fingerprint density at radius 3 is 2.75 bits per heavy atom. The summed E-state index contributed by atoms with van der Waals surface area (Å²) in [5.74, 6) is 0.281. The summed E-state index contributed by atoms with van der Waals surface area (Å²) in [6.07, 6.45) is 1.92. The number of hydrazine groups is 1. The van der Waals surface area contributed by atoms with E-state index in [1.807, 2.05) is 0 Å². The van der Waals surface area contributed by atoms with Gasteiger partial charge in [-0.05, 0) is 37.3 Å². The highest BCUT2D eigenvalue weighted by atomic mass is 19.1. The lowest BCUT2D eigenvalue weighted by Gasteiger charge is -2.26. The number of ether oxygens (including phenoxy) is 2. The van der Waals surface area contributed by atoms with Gasteiger partial charge in [-0.25, -0.2) is 14.8 Å². The van der Waals surface area contributed by atoms with Gasteiger partial charge < -0.3 is 14.6 Å². The predicted molar refractivity (Wildman–Crippen MR) is 120 cm³/mol. The van der Waals surface area contributed by atoms with Crippen molar-refractivity contribution in [2.24, 2.45) is 4.99 Å². The van der Waals surface area contributed by atoms with Crippen molar-refractivity contribution in [2.45, 2.75) is 38.0 Å². The Labute approximate surface area is 186 Å². The molecule has 0 spiro atoms. The number of aliphatic imine (C=N–C) groups is 1. The highest BCUT2D eigenvalue weighted by Crippen LogP contribution is 2.32. The molecule has 2 atom stereocenters. The summed E-state index contributed by atoms with van der Waals surface area (Å²) in [4.78, 5) is 17.7. The molecular formula is C24H28FN3O4. The number of carbonyl (C=O) groups is 1. The SMILES string of the molecule is C=CC[C@]1(C(=O)NNCc2ccccc2F)N=C(c2ccc(OCCCO)cc2)O[C@H]1C. The second-order valence-corrected chi connectivity index (χ2v) is 7.44. The van der Waals surface area contributed by atoms with Gasteiger partial charge >= 0.3 is 0 Å². The molecule has 0 aliphatic carbocycles. The Morgan fingerprint density at radius 1 is 1.31 bits per heavy atom. The van der Waals surface area contributed by atoms with Crippen LogP contribution in [0.1, 0.15) is 30.9 Å². The molecule has 1 heterocycles. The van der Waals surface area contributed by atoms with E-state index in [4.69, 9.17) is 14.6 Å². The van der Waals surface area contributed by atoms with Crippen LogP contribution in [0.5, 0.6) is 5.75 Å². The number of halogens is 1. The number of hydrogen-bond donors (Lipinski definition) is 3. The van der Waals surface area contributed by atoms with Crippen molar-refractivity contribution in [3.05, 3.63) is 78.1 Å². The number of rotatable bonds is 11. The zero-order chi connectivity index (χ0) is 23.0. The number of nitrogens with one attached hydrogen (secondary N) is 2. The van der Waals surface area contributed by atoms with Crippen LogP contribution in [0.15, 0.2) is 66.2 Å². The maximum atomic E-state index is 13.8. The number of amides is 1. The topological polar surface area (TPSA) is 92.2 Å². The van der Waals surface area contributed by atoms with Crippen molar-refractivity contribution >= 4 is 11.8 Å². The molecule has 0 radical (unpaired) electrons. The molecule has 7 nitrogen and oxygen atoms in total. The molecule has 0 aromatic heterocycles. The largest absolute Gasteiger partial charge is 0.494 e. The van der Waals surface area contributed by atoms with Gasteiger partial charge in [-0.1, -0.05) is 24.3 Å². The van der Waals surface area contributed by atoms with Gasteiger partial charge in [0.05, 0.1) is 6.61 Å². The molecule has 0 unspecified atom stereocenters. The molecule has 1 aliphatic rings. The summed E-state index contributed by atoms with van der Waals surface area (Å²) < 4.78 is 25.3. The lowest BCUT2D eigenvalue weighted by atomic mass is 9.90. The van der Waals surface area contributed by atoms with Gasteiger partial charge in [0.25, 0.3) is 5.91 Å². The predicted octanol–water partition coefficient (Wildman–Crippen LogP) is 2.89. The molecule has 170 valence electrons. The van der Waals surface area contributed by atoms with E-state index in [-0.39, 0.29) is 31.3 Å². The van der Waals surface area contributed by atoms with Crippen LogP contribution >= 0.6 is 0 Å². The molecule has 32 heavy (non-hydrogen) atoms. The van der Waals surface area contributed by atoms with E-state index in [0.29, 0.717) is 35.8 Å². The summed E-state index contributed by atoms with van der Waals surface area (Å²) >= 11 is 0. The van der Waals surface area contributed by atoms with E-state index in [2.05, 4.69) is 22.4 Å². The smallest absolute Gasteiger partial charge is 0.266 e. The van der Waals surface area contributed by atoms with Crippen LogP contribution in [-0.2, 0) is 16.1 Å². The van der Waals surface area contributed by atoms with E-state index < -0.39 is 11.6 Å². The van der Waals surface area contributed by atoms with Crippen molar-refractivity contribution in [3.8, 4) is 5.75 Å². The first kappa shape index (κ1) is 23.4. The molecule has 0 saturated carbocycles. The molecule has 3 rings (SSSR count). The fourth-order valence-electron chi connectivity index (χ4n) is 3.37. The minimum atomic E-state index is -1.20. The Balaban J connectivity index is 1.71. The number of aliphatic hydroxyl groups is 1. The number of carbonyl (C=O) groups excluding carboxylic acids is 1. The lowest BCUT2D eigenvalue weighted by molar-refractivity contribution is -0.129. The Bertz CT molecular complexity index is 964. The van der Waals surface area contributed by atoms with E-state index in [9.17, 15) is 9.18 Å². The average Bonchev–Trinajstić information content (AvgIpc) is 3.13. The fraction of sp³-hybridized carbons (Fsp3) is 0.333. The first-order valence-electron chi connectivity index (χ1n) is 10.5. The zero-order valence-electron chi connectivity index (χ0n) is 18.0. The number of hydrogen-bond acceptors (Lipinski definition) is 6. The molecule has 8 heteroatoms. The summed E-state index contributed by atoms with van der Waals surface area (Å²) in [6.45, 7) is 6.17. The van der Waals surface area contributed by atoms with Crippen molar-refractivity contribution in [2.75, 3.05) is 13.2 Å². The van der Waals surface area contributed by atoms with Crippen LogP contribution in [0.2, 0.25) is 0 Å². The third-order valence-electron chi connectivity index (χ3n) is 5.22. The van der Waals surface area contributed by atoms with Gasteiger partial charge in [-0.15, -0.1) is 6.58 Å². The first-order chi connectivity index (χ1) is 15.5. The Hall–Kier alpha value is -3.23. The Morgan fingerprint density at radius 2 is 2.06 bits per heavy atom. The van der Waals surface area contributed by atoms with Crippen LogP contribution in [0.3, 0.4) is 0 Å². The lowest BCUT2D eigenvalue weighted by Crippen LogP contribution is -2.54. The molecule has 2 aromatic rings. The molecular weight excluding hydrogens is 413 g/mol. The van der Waals surface area contributed by atoms with Crippen molar-refractivity contribution < 1.29 is 23.8 Å². The summed E-state index contributed by atoms with van der Waals surface area (Å²) in [5.41, 5.74) is 5.36. The van der Waals surface area contributed by atoms with E-state index in [0.717, 1.165) is 0 Å². The van der Waals surface area contributed by atoms with Gasteiger partial charge in [0.15, 0.2) is 5.54 Å². The molecule has 3 N–H and O–H groups in total. The normalized spacial score (nSPS) is 19.7. The third-order valence-corrected chi connectivity index (χ3v) is 5.22. The van der Waals surface area contributed by atoms with E-state index in [1.165, 1.54) is 6.07 Å². The number of nitrogens with zero attached hydrogens (tertiary/aromatic N) is 1. The van der Waals surface area contributed by atoms with Gasteiger partial charge in [0.1, 0.15) is 17.7 Å². The van der Waals surface area contributed by atoms with Gasteiger partial charge in [0.2, 0.25) is 5.90 Å². The van der Waals surface area contributed by atoms with Crippen LogP contribution in [0.25, 0.3) is 0 Å². The number of aliphatic hydroxyl groups excluding tert-OH is 1. The fourth-order valence-corrected chi connectivity index (χ4v) is 3.37. The monoisotopic (exact) mass is 441 g/mol. The maximum Gasteiger partial charge on any atom is 0.266 e. The van der Waals surface area contributed by atoms with Crippen LogP contribution < -0.4 is 15.6 Å². The van der Waals surface area contributed by atoms with Gasteiger partial charge in [-0.3, -0.25) is 10.2 Å². The summed E-state index contributed by atoms with van der Waals surface area (Å²) in [7, 11) is 0. The molecule has 0 fully saturated rings. The maximum absolute atomic E-state index is 13.8. The van der Waals surface area contributed by atoms with Crippen molar-refractivity contribution in [1.29, 1.82) is 0 Å².